The van der Waals surface area contributed by atoms with Crippen molar-refractivity contribution in [3.8, 4) is 0 Å². The first-order valence-corrected chi connectivity index (χ1v) is 9.11. The summed E-state index contributed by atoms with van der Waals surface area (Å²) in [5.41, 5.74) is 2.38. The molecule has 0 unspecified atom stereocenters. The maximum atomic E-state index is 11.9. The van der Waals surface area contributed by atoms with E-state index in [4.69, 9.17) is 4.99 Å². The lowest BCUT2D eigenvalue weighted by atomic mass is 10.1. The average molecular weight is 458 g/mol. The molecule has 1 aliphatic rings. The van der Waals surface area contributed by atoms with Gasteiger partial charge in [0.1, 0.15) is 0 Å². The maximum Gasteiger partial charge on any atom is 0.222 e. The first-order valence-electron chi connectivity index (χ1n) is 9.11. The van der Waals surface area contributed by atoms with E-state index in [1.54, 1.807) is 0 Å². The molecule has 140 valence electrons. The fraction of sp³-hybridized carbons (Fsp3) is 0.579. The molecule has 1 aliphatic heterocycles. The number of halogens is 1. The van der Waals surface area contributed by atoms with Crippen LogP contribution in [0.3, 0.4) is 0 Å². The van der Waals surface area contributed by atoms with Gasteiger partial charge >= 0.3 is 0 Å². The number of unbranched alkanes of at least 4 members (excludes halogenated alkanes) is 1. The number of rotatable bonds is 8. The zero-order valence-corrected chi connectivity index (χ0v) is 17.7. The number of aliphatic imine (C=N–C) groups is 1. The lowest BCUT2D eigenvalue weighted by molar-refractivity contribution is -0.128. The molecule has 5 nitrogen and oxygen atoms in total. The zero-order chi connectivity index (χ0) is 17.2. The molecule has 1 aromatic rings. The Morgan fingerprint density at radius 1 is 1.20 bits per heavy atom. The van der Waals surface area contributed by atoms with Crippen LogP contribution in [0.5, 0.6) is 0 Å². The van der Waals surface area contributed by atoms with E-state index < -0.39 is 0 Å². The lowest BCUT2D eigenvalue weighted by Gasteiger charge is -2.18. The highest BCUT2D eigenvalue weighted by Crippen LogP contribution is 2.17. The third-order valence-corrected chi connectivity index (χ3v) is 4.23. The van der Waals surface area contributed by atoms with Gasteiger partial charge in [-0.2, -0.15) is 0 Å². The molecule has 0 radical (unpaired) electrons. The van der Waals surface area contributed by atoms with E-state index in [9.17, 15) is 4.79 Å². The van der Waals surface area contributed by atoms with Gasteiger partial charge in [0.15, 0.2) is 5.96 Å². The minimum atomic E-state index is 0. The second-order valence-electron chi connectivity index (χ2n) is 6.16. The number of hydrogen-bond acceptors (Lipinski definition) is 2. The normalized spacial score (nSPS) is 14.4. The summed E-state index contributed by atoms with van der Waals surface area (Å²) in [7, 11) is 0. The Kier molecular flexibility index (Phi) is 10.5. The van der Waals surface area contributed by atoms with E-state index in [0.717, 1.165) is 38.4 Å². The van der Waals surface area contributed by atoms with Crippen LogP contribution < -0.4 is 10.6 Å². The summed E-state index contributed by atoms with van der Waals surface area (Å²) in [6, 6.07) is 8.29. The van der Waals surface area contributed by atoms with Crippen LogP contribution in [-0.4, -0.2) is 36.4 Å². The highest BCUT2D eigenvalue weighted by atomic mass is 127. The van der Waals surface area contributed by atoms with Gasteiger partial charge < -0.3 is 15.5 Å². The van der Waals surface area contributed by atoms with E-state index in [0.29, 0.717) is 19.5 Å². The van der Waals surface area contributed by atoms with E-state index in [1.807, 2.05) is 17.0 Å². The van der Waals surface area contributed by atoms with Crippen LogP contribution >= 0.6 is 24.0 Å². The second kappa shape index (κ2) is 12.1. The summed E-state index contributed by atoms with van der Waals surface area (Å²) < 4.78 is 0. The topological polar surface area (TPSA) is 56.7 Å². The summed E-state index contributed by atoms with van der Waals surface area (Å²) in [4.78, 5) is 18.5. The number of nitrogens with one attached hydrogen (secondary N) is 2. The van der Waals surface area contributed by atoms with E-state index >= 15 is 0 Å². The van der Waals surface area contributed by atoms with Gasteiger partial charge in [0.05, 0.1) is 6.54 Å². The zero-order valence-electron chi connectivity index (χ0n) is 15.4. The molecule has 0 atom stereocenters. The van der Waals surface area contributed by atoms with Crippen LogP contribution in [0, 0.1) is 0 Å². The van der Waals surface area contributed by atoms with Gasteiger partial charge in [0.2, 0.25) is 5.91 Å². The Bertz CT molecular complexity index is 562. The molecule has 1 saturated heterocycles. The monoisotopic (exact) mass is 458 g/mol. The molecule has 0 saturated carbocycles. The van der Waals surface area contributed by atoms with Crippen molar-refractivity contribution >= 4 is 35.8 Å². The number of hydrogen-bond donors (Lipinski definition) is 2. The highest BCUT2D eigenvalue weighted by molar-refractivity contribution is 14.0. The number of carbonyl (C=O) groups excluding carboxylic acids is 1. The molecule has 2 N–H and O–H groups in total. The van der Waals surface area contributed by atoms with Gasteiger partial charge in [0, 0.05) is 32.6 Å². The number of amides is 1. The van der Waals surface area contributed by atoms with Crippen molar-refractivity contribution in [1.82, 2.24) is 15.5 Å². The van der Waals surface area contributed by atoms with Crippen LogP contribution in [0.25, 0.3) is 0 Å². The molecule has 2 rings (SSSR count). The summed E-state index contributed by atoms with van der Waals surface area (Å²) in [6.45, 7) is 8.24. The fourth-order valence-corrected chi connectivity index (χ4v) is 2.83. The fourth-order valence-electron chi connectivity index (χ4n) is 2.83. The summed E-state index contributed by atoms with van der Waals surface area (Å²) >= 11 is 0. The van der Waals surface area contributed by atoms with E-state index in [-0.39, 0.29) is 29.9 Å². The first kappa shape index (κ1) is 21.7. The minimum absolute atomic E-state index is 0. The third-order valence-electron chi connectivity index (χ3n) is 4.23. The molecular weight excluding hydrogens is 427 g/mol. The number of carbonyl (C=O) groups is 1. The van der Waals surface area contributed by atoms with E-state index in [2.05, 4.69) is 36.6 Å². The van der Waals surface area contributed by atoms with Crippen molar-refractivity contribution in [2.24, 2.45) is 4.99 Å². The van der Waals surface area contributed by atoms with Gasteiger partial charge in [-0.1, -0.05) is 37.6 Å². The molecule has 0 spiro atoms. The Morgan fingerprint density at radius 3 is 2.60 bits per heavy atom. The first-order chi connectivity index (χ1) is 11.7. The Balaban J connectivity index is 0.00000312. The van der Waals surface area contributed by atoms with Gasteiger partial charge in [-0.15, -0.1) is 24.0 Å². The Morgan fingerprint density at radius 2 is 1.96 bits per heavy atom. The molecule has 0 aromatic heterocycles. The molecule has 0 bridgehead atoms. The maximum absolute atomic E-state index is 11.9. The number of likely N-dealkylation sites (tertiary alicyclic amines) is 1. The molecule has 1 fully saturated rings. The Labute approximate surface area is 168 Å². The van der Waals surface area contributed by atoms with Gasteiger partial charge in [-0.25, -0.2) is 4.99 Å². The van der Waals surface area contributed by atoms with E-state index in [1.165, 1.54) is 17.5 Å². The predicted octanol–water partition coefficient (Wildman–Crippen LogP) is 3.28. The Hall–Kier alpha value is -1.31. The summed E-state index contributed by atoms with van der Waals surface area (Å²) in [5.74, 6) is 1.13. The van der Waals surface area contributed by atoms with Crippen molar-refractivity contribution < 1.29 is 4.79 Å². The van der Waals surface area contributed by atoms with Crippen molar-refractivity contribution in [3.63, 3.8) is 0 Å². The standard InChI is InChI=1S/C19H30N4O.HI/c1-3-5-12-21-19(20-4-2)22-14-16-9-6-7-10-17(16)15-23-13-8-11-18(23)24;/h6-7,9-10H,3-5,8,11-15H2,1-2H3,(H2,20,21,22);1H. The van der Waals surface area contributed by atoms with Crippen LogP contribution in [0.1, 0.15) is 50.7 Å². The lowest BCUT2D eigenvalue weighted by Crippen LogP contribution is -2.37. The molecule has 1 amide bonds. The van der Waals surface area contributed by atoms with Crippen molar-refractivity contribution in [1.29, 1.82) is 0 Å². The van der Waals surface area contributed by atoms with Crippen LogP contribution in [0.15, 0.2) is 29.3 Å². The highest BCUT2D eigenvalue weighted by Gasteiger charge is 2.20. The molecule has 25 heavy (non-hydrogen) atoms. The van der Waals surface area contributed by atoms with Crippen LogP contribution in [0.4, 0.5) is 0 Å². The van der Waals surface area contributed by atoms with Crippen molar-refractivity contribution in [3.05, 3.63) is 35.4 Å². The van der Waals surface area contributed by atoms with Crippen LogP contribution in [0.2, 0.25) is 0 Å². The third kappa shape index (κ3) is 7.22. The quantitative estimate of drug-likeness (QED) is 0.272. The number of guanidine groups is 1. The number of nitrogens with zero attached hydrogens (tertiary/aromatic N) is 2. The molecule has 0 aliphatic carbocycles. The van der Waals surface area contributed by atoms with Gasteiger partial charge in [-0.05, 0) is 30.9 Å². The average Bonchev–Trinajstić information content (AvgIpc) is 2.99. The summed E-state index contributed by atoms with van der Waals surface area (Å²) in [6.07, 6.45) is 3.97. The second-order valence-corrected chi connectivity index (χ2v) is 6.16. The largest absolute Gasteiger partial charge is 0.357 e. The van der Waals surface area contributed by atoms with Crippen molar-refractivity contribution in [2.75, 3.05) is 19.6 Å². The smallest absolute Gasteiger partial charge is 0.222 e. The van der Waals surface area contributed by atoms with Crippen LogP contribution in [-0.2, 0) is 17.9 Å². The summed E-state index contributed by atoms with van der Waals surface area (Å²) in [5, 5.41) is 6.65. The van der Waals surface area contributed by atoms with Gasteiger partial charge in [-0.3, -0.25) is 4.79 Å². The predicted molar refractivity (Wildman–Crippen MR) is 114 cm³/mol. The SMILES string of the molecule is CCCCNC(=NCc1ccccc1CN1CCCC1=O)NCC.I. The molecule has 1 heterocycles. The molecule has 1 aromatic carbocycles. The molecular formula is C19H31IN4O. The number of benzene rings is 1. The minimum Gasteiger partial charge on any atom is -0.357 e. The molecule has 6 heteroatoms. The van der Waals surface area contributed by atoms with Crippen molar-refractivity contribution in [2.45, 2.75) is 52.6 Å². The van der Waals surface area contributed by atoms with Gasteiger partial charge in [0.25, 0.3) is 0 Å².